The molecule has 0 amide bonds. The zero-order valence-electron chi connectivity index (χ0n) is 16.6. The molecule has 1 heterocycles. The molecule has 3 rings (SSSR count). The lowest BCUT2D eigenvalue weighted by molar-refractivity contribution is 0.0513. The fourth-order valence-electron chi connectivity index (χ4n) is 3.62. The summed E-state index contributed by atoms with van der Waals surface area (Å²) in [5.41, 5.74) is 2.23. The number of rotatable bonds is 6. The highest BCUT2D eigenvalue weighted by molar-refractivity contribution is 14.0. The Hall–Kier alpha value is -1.38. The third-order valence-electron chi connectivity index (χ3n) is 5.32. The summed E-state index contributed by atoms with van der Waals surface area (Å²) >= 11 is 6.04. The minimum Gasteiger partial charge on any atom is -0.381 e. The van der Waals surface area contributed by atoms with Gasteiger partial charge in [-0.25, -0.2) is 4.39 Å². The van der Waals surface area contributed by atoms with Crippen molar-refractivity contribution in [2.75, 3.05) is 33.4 Å². The molecular weight excluding hydrogens is 504 g/mol. The van der Waals surface area contributed by atoms with E-state index >= 15 is 0 Å². The molecule has 29 heavy (non-hydrogen) atoms. The Balaban J connectivity index is 0.00000300. The number of aliphatic imine (C=N–C) groups is 1. The van der Waals surface area contributed by atoms with Crippen LogP contribution in [0.15, 0.2) is 53.5 Å². The van der Waals surface area contributed by atoms with Crippen LogP contribution in [0, 0.1) is 5.82 Å². The number of guanidine groups is 1. The first-order valence-electron chi connectivity index (χ1n) is 9.64. The molecule has 0 spiro atoms. The molecule has 2 N–H and O–H groups in total. The van der Waals surface area contributed by atoms with E-state index in [2.05, 4.69) is 21.7 Å². The zero-order chi connectivity index (χ0) is 19.8. The molecule has 2 aromatic rings. The molecule has 0 unspecified atom stereocenters. The van der Waals surface area contributed by atoms with E-state index in [0.29, 0.717) is 13.2 Å². The number of ether oxygens (including phenoxy) is 1. The molecule has 1 saturated heterocycles. The molecule has 4 nitrogen and oxygen atoms in total. The Labute approximate surface area is 194 Å². The third-order valence-corrected chi connectivity index (χ3v) is 5.55. The molecule has 0 bridgehead atoms. The van der Waals surface area contributed by atoms with E-state index in [1.54, 1.807) is 7.05 Å². The number of nitrogens with one attached hydrogen (secondary N) is 2. The minimum absolute atomic E-state index is 0. The van der Waals surface area contributed by atoms with Crippen molar-refractivity contribution in [3.8, 4) is 0 Å². The second kappa shape index (κ2) is 11.7. The first kappa shape index (κ1) is 23.9. The average Bonchev–Trinajstić information content (AvgIpc) is 2.72. The highest BCUT2D eigenvalue weighted by Crippen LogP contribution is 2.34. The summed E-state index contributed by atoms with van der Waals surface area (Å²) in [6.07, 6.45) is 2.65. The minimum atomic E-state index is -0.211. The van der Waals surface area contributed by atoms with Crippen LogP contribution >= 0.6 is 35.6 Å². The van der Waals surface area contributed by atoms with Crippen LogP contribution < -0.4 is 10.6 Å². The maximum atomic E-state index is 13.4. The van der Waals surface area contributed by atoms with Crippen LogP contribution in [-0.2, 0) is 16.6 Å². The lowest BCUT2D eigenvalue weighted by Gasteiger charge is -2.38. The van der Waals surface area contributed by atoms with Gasteiger partial charge in [-0.3, -0.25) is 4.99 Å². The van der Waals surface area contributed by atoms with Crippen molar-refractivity contribution in [3.05, 3.63) is 70.5 Å². The van der Waals surface area contributed by atoms with E-state index in [1.165, 1.54) is 17.7 Å². The molecule has 158 valence electrons. The van der Waals surface area contributed by atoms with Crippen molar-refractivity contribution < 1.29 is 9.13 Å². The summed E-state index contributed by atoms with van der Waals surface area (Å²) in [7, 11) is 1.77. The first-order valence-corrected chi connectivity index (χ1v) is 10.0. The lowest BCUT2D eigenvalue weighted by atomic mass is 9.74. The molecule has 0 aliphatic carbocycles. The van der Waals surface area contributed by atoms with Crippen LogP contribution in [0.5, 0.6) is 0 Å². The van der Waals surface area contributed by atoms with Crippen molar-refractivity contribution >= 4 is 41.5 Å². The number of nitrogens with zero attached hydrogens (tertiary/aromatic N) is 1. The maximum absolute atomic E-state index is 13.4. The predicted octanol–water partition coefficient (Wildman–Crippen LogP) is 4.55. The zero-order valence-corrected chi connectivity index (χ0v) is 19.7. The second-order valence-electron chi connectivity index (χ2n) is 7.13. The van der Waals surface area contributed by atoms with E-state index in [4.69, 9.17) is 16.3 Å². The molecule has 2 aromatic carbocycles. The summed E-state index contributed by atoms with van der Waals surface area (Å²) in [6, 6.07) is 14.7. The molecule has 1 aliphatic heterocycles. The maximum Gasteiger partial charge on any atom is 0.191 e. The second-order valence-corrected chi connectivity index (χ2v) is 7.57. The number of benzene rings is 2. The summed E-state index contributed by atoms with van der Waals surface area (Å²) in [5, 5.41) is 7.56. The van der Waals surface area contributed by atoms with Crippen molar-refractivity contribution in [1.82, 2.24) is 10.6 Å². The predicted molar refractivity (Wildman–Crippen MR) is 128 cm³/mol. The van der Waals surface area contributed by atoms with Crippen LogP contribution in [0.3, 0.4) is 0 Å². The van der Waals surface area contributed by atoms with Gasteiger partial charge in [-0.15, -0.1) is 24.0 Å². The Kier molecular flexibility index (Phi) is 9.65. The third kappa shape index (κ3) is 6.83. The fourth-order valence-corrected chi connectivity index (χ4v) is 3.84. The largest absolute Gasteiger partial charge is 0.381 e. The highest BCUT2D eigenvalue weighted by Gasteiger charge is 2.34. The molecule has 1 aliphatic rings. The standard InChI is InChI=1S/C22H27ClFN3O.HI/c1-25-21(26-12-9-17-3-2-4-19(23)15-17)27-16-22(10-13-28-14-11-22)18-5-7-20(24)8-6-18;/h2-8,15H,9-14,16H2,1H3,(H2,25,26,27);1H. The summed E-state index contributed by atoms with van der Waals surface area (Å²) in [6.45, 7) is 2.89. The van der Waals surface area contributed by atoms with E-state index in [9.17, 15) is 4.39 Å². The van der Waals surface area contributed by atoms with Crippen LogP contribution in [0.25, 0.3) is 0 Å². The van der Waals surface area contributed by atoms with Gasteiger partial charge in [0.15, 0.2) is 5.96 Å². The van der Waals surface area contributed by atoms with Crippen LogP contribution in [0.4, 0.5) is 4.39 Å². The van der Waals surface area contributed by atoms with E-state index in [-0.39, 0.29) is 35.2 Å². The number of hydrogen-bond donors (Lipinski definition) is 2. The van der Waals surface area contributed by atoms with Gasteiger partial charge in [-0.05, 0) is 54.7 Å². The Bertz CT molecular complexity index is 795. The van der Waals surface area contributed by atoms with E-state index in [1.807, 2.05) is 30.3 Å². The molecule has 7 heteroatoms. The molecule has 0 radical (unpaired) electrons. The molecule has 0 saturated carbocycles. The smallest absolute Gasteiger partial charge is 0.191 e. The Morgan fingerprint density at radius 1 is 1.14 bits per heavy atom. The van der Waals surface area contributed by atoms with Crippen LogP contribution in [-0.4, -0.2) is 39.3 Å². The van der Waals surface area contributed by atoms with Gasteiger partial charge in [0, 0.05) is 43.8 Å². The van der Waals surface area contributed by atoms with Crippen LogP contribution in [0.2, 0.25) is 5.02 Å². The van der Waals surface area contributed by atoms with Crippen molar-refractivity contribution in [2.45, 2.75) is 24.7 Å². The molecular formula is C22H28ClFIN3O. The molecule has 0 atom stereocenters. The number of hydrogen-bond acceptors (Lipinski definition) is 2. The van der Waals surface area contributed by atoms with Gasteiger partial charge in [0.2, 0.25) is 0 Å². The fraction of sp³-hybridized carbons (Fsp3) is 0.409. The van der Waals surface area contributed by atoms with E-state index < -0.39 is 0 Å². The normalized spacial score (nSPS) is 16.0. The van der Waals surface area contributed by atoms with Crippen molar-refractivity contribution in [2.24, 2.45) is 4.99 Å². The van der Waals surface area contributed by atoms with Crippen LogP contribution in [0.1, 0.15) is 24.0 Å². The topological polar surface area (TPSA) is 45.7 Å². The van der Waals surface area contributed by atoms with Gasteiger partial charge in [-0.2, -0.15) is 0 Å². The lowest BCUT2D eigenvalue weighted by Crippen LogP contribution is -2.48. The van der Waals surface area contributed by atoms with Gasteiger partial charge in [-0.1, -0.05) is 35.9 Å². The molecule has 0 aromatic heterocycles. The average molecular weight is 532 g/mol. The summed E-state index contributed by atoms with van der Waals surface area (Å²) < 4.78 is 18.9. The molecule has 1 fully saturated rings. The van der Waals surface area contributed by atoms with Crippen molar-refractivity contribution in [1.29, 1.82) is 0 Å². The van der Waals surface area contributed by atoms with Gasteiger partial charge >= 0.3 is 0 Å². The summed E-state index contributed by atoms with van der Waals surface area (Å²) in [5.74, 6) is 0.549. The Morgan fingerprint density at radius 3 is 2.52 bits per heavy atom. The summed E-state index contributed by atoms with van der Waals surface area (Å²) in [4.78, 5) is 4.34. The SMILES string of the molecule is CN=C(NCCc1cccc(Cl)c1)NCC1(c2ccc(F)cc2)CCOCC1.I. The van der Waals surface area contributed by atoms with Gasteiger partial charge in [0.1, 0.15) is 5.82 Å². The van der Waals surface area contributed by atoms with Crippen molar-refractivity contribution in [3.63, 3.8) is 0 Å². The first-order chi connectivity index (χ1) is 13.6. The quantitative estimate of drug-likeness (QED) is 0.327. The van der Waals surface area contributed by atoms with Gasteiger partial charge in [0.25, 0.3) is 0 Å². The number of halogens is 3. The van der Waals surface area contributed by atoms with Gasteiger partial charge in [0.05, 0.1) is 0 Å². The van der Waals surface area contributed by atoms with E-state index in [0.717, 1.165) is 48.9 Å². The monoisotopic (exact) mass is 531 g/mol. The van der Waals surface area contributed by atoms with Gasteiger partial charge < -0.3 is 15.4 Å². The highest BCUT2D eigenvalue weighted by atomic mass is 127. The Morgan fingerprint density at radius 2 is 1.86 bits per heavy atom.